The molecule has 1 amide bonds. The summed E-state index contributed by atoms with van der Waals surface area (Å²) in [6, 6.07) is 7.36. The summed E-state index contributed by atoms with van der Waals surface area (Å²) in [4.78, 5) is 11.8. The van der Waals surface area contributed by atoms with Gasteiger partial charge in [-0.05, 0) is 37.5 Å². The summed E-state index contributed by atoms with van der Waals surface area (Å²) in [7, 11) is 0. The van der Waals surface area contributed by atoms with Crippen LogP contribution < -0.4 is 11.1 Å². The van der Waals surface area contributed by atoms with Gasteiger partial charge in [-0.2, -0.15) is 0 Å². The van der Waals surface area contributed by atoms with Gasteiger partial charge in [0.05, 0.1) is 0 Å². The van der Waals surface area contributed by atoms with E-state index in [0.717, 1.165) is 31.6 Å². The maximum Gasteiger partial charge on any atom is 0.251 e. The fourth-order valence-electron chi connectivity index (χ4n) is 1.57. The molecule has 0 fully saturated rings. The fraction of sp³-hybridized carbons (Fsp3) is 0.500. The van der Waals surface area contributed by atoms with Crippen LogP contribution in [-0.4, -0.2) is 25.7 Å². The predicted octanol–water partition coefficient (Wildman–Crippen LogP) is 1.69. The van der Waals surface area contributed by atoms with Crippen molar-refractivity contribution in [2.45, 2.75) is 26.3 Å². The maximum absolute atomic E-state index is 11.8. The lowest BCUT2D eigenvalue weighted by atomic mass is 10.1. The Morgan fingerprint density at radius 1 is 1.28 bits per heavy atom. The smallest absolute Gasteiger partial charge is 0.251 e. The number of carbonyl (C=O) groups excluding carboxylic acids is 1. The van der Waals surface area contributed by atoms with Crippen LogP contribution in [0.1, 0.15) is 35.7 Å². The van der Waals surface area contributed by atoms with Crippen molar-refractivity contribution in [3.63, 3.8) is 0 Å². The third kappa shape index (κ3) is 5.29. The first-order valence-corrected chi connectivity index (χ1v) is 6.43. The Morgan fingerprint density at radius 2 is 2.00 bits per heavy atom. The molecule has 0 radical (unpaired) electrons. The van der Waals surface area contributed by atoms with E-state index in [2.05, 4.69) is 5.32 Å². The van der Waals surface area contributed by atoms with Crippen LogP contribution in [0.25, 0.3) is 0 Å². The molecule has 0 aliphatic rings. The molecule has 0 unspecified atom stereocenters. The van der Waals surface area contributed by atoms with Crippen LogP contribution in [-0.2, 0) is 11.3 Å². The summed E-state index contributed by atoms with van der Waals surface area (Å²) in [6.07, 6.45) is 1.91. The van der Waals surface area contributed by atoms with E-state index in [-0.39, 0.29) is 5.91 Å². The summed E-state index contributed by atoms with van der Waals surface area (Å²) >= 11 is 0. The van der Waals surface area contributed by atoms with E-state index >= 15 is 0 Å². The zero-order valence-corrected chi connectivity index (χ0v) is 10.9. The molecule has 0 aromatic heterocycles. The number of rotatable bonds is 8. The van der Waals surface area contributed by atoms with Crippen molar-refractivity contribution in [3.05, 3.63) is 35.4 Å². The van der Waals surface area contributed by atoms with E-state index in [1.807, 2.05) is 19.1 Å². The second-order valence-electron chi connectivity index (χ2n) is 4.06. The Hall–Kier alpha value is -1.39. The molecule has 0 saturated heterocycles. The lowest BCUT2D eigenvalue weighted by Crippen LogP contribution is -2.24. The molecule has 0 bridgehead atoms. The highest BCUT2D eigenvalue weighted by molar-refractivity contribution is 5.94. The first-order chi connectivity index (χ1) is 8.77. The van der Waals surface area contributed by atoms with Gasteiger partial charge in [0.25, 0.3) is 5.91 Å². The Balaban J connectivity index is 2.23. The van der Waals surface area contributed by atoms with Gasteiger partial charge in [0.2, 0.25) is 0 Å². The van der Waals surface area contributed by atoms with Crippen molar-refractivity contribution in [2.75, 3.05) is 19.8 Å². The van der Waals surface area contributed by atoms with Gasteiger partial charge in [-0.25, -0.2) is 0 Å². The predicted molar refractivity (Wildman–Crippen MR) is 72.4 cm³/mol. The van der Waals surface area contributed by atoms with Crippen molar-refractivity contribution in [3.8, 4) is 0 Å². The largest absolute Gasteiger partial charge is 0.382 e. The van der Waals surface area contributed by atoms with Crippen molar-refractivity contribution in [1.29, 1.82) is 0 Å². The van der Waals surface area contributed by atoms with Gasteiger partial charge in [-0.15, -0.1) is 0 Å². The number of benzene rings is 1. The molecule has 0 aliphatic heterocycles. The van der Waals surface area contributed by atoms with Gasteiger partial charge < -0.3 is 15.8 Å². The molecule has 1 aromatic carbocycles. The van der Waals surface area contributed by atoms with Crippen LogP contribution in [0.5, 0.6) is 0 Å². The minimum absolute atomic E-state index is 0.0324. The van der Waals surface area contributed by atoms with Crippen molar-refractivity contribution >= 4 is 5.91 Å². The standard InChI is InChI=1S/C14H22N2O2/c1-2-18-10-4-3-9-16-14(17)13-7-5-12(11-15)6-8-13/h5-8H,2-4,9-11,15H2,1H3,(H,16,17). The molecule has 18 heavy (non-hydrogen) atoms. The van der Waals surface area contributed by atoms with Crippen molar-refractivity contribution < 1.29 is 9.53 Å². The second-order valence-corrected chi connectivity index (χ2v) is 4.06. The van der Waals surface area contributed by atoms with E-state index in [1.54, 1.807) is 12.1 Å². The zero-order chi connectivity index (χ0) is 13.2. The highest BCUT2D eigenvalue weighted by atomic mass is 16.5. The third-order valence-corrected chi connectivity index (χ3v) is 2.66. The number of hydrogen-bond acceptors (Lipinski definition) is 3. The minimum atomic E-state index is -0.0324. The summed E-state index contributed by atoms with van der Waals surface area (Å²) in [5.41, 5.74) is 7.21. The van der Waals surface area contributed by atoms with Gasteiger partial charge in [-0.1, -0.05) is 12.1 Å². The molecule has 1 rings (SSSR count). The van der Waals surface area contributed by atoms with Crippen LogP contribution >= 0.6 is 0 Å². The molecule has 0 atom stereocenters. The number of nitrogens with one attached hydrogen (secondary N) is 1. The highest BCUT2D eigenvalue weighted by Gasteiger charge is 2.03. The number of nitrogens with two attached hydrogens (primary N) is 1. The lowest BCUT2D eigenvalue weighted by Gasteiger charge is -2.06. The Labute approximate surface area is 109 Å². The normalized spacial score (nSPS) is 10.3. The molecular formula is C14H22N2O2. The average molecular weight is 250 g/mol. The van der Waals surface area contributed by atoms with Crippen LogP contribution in [0.3, 0.4) is 0 Å². The van der Waals surface area contributed by atoms with Gasteiger partial charge in [0.1, 0.15) is 0 Å². The molecular weight excluding hydrogens is 228 g/mol. The van der Waals surface area contributed by atoms with E-state index in [1.165, 1.54) is 0 Å². The molecule has 100 valence electrons. The quantitative estimate of drug-likeness (QED) is 0.690. The van der Waals surface area contributed by atoms with Crippen LogP contribution in [0.4, 0.5) is 0 Å². The molecule has 3 N–H and O–H groups in total. The Bertz CT molecular complexity index is 349. The number of hydrogen-bond donors (Lipinski definition) is 2. The lowest BCUT2D eigenvalue weighted by molar-refractivity contribution is 0.0949. The van der Waals surface area contributed by atoms with Gasteiger partial charge in [0, 0.05) is 31.9 Å². The fourth-order valence-corrected chi connectivity index (χ4v) is 1.57. The van der Waals surface area contributed by atoms with Crippen LogP contribution in [0.2, 0.25) is 0 Å². The minimum Gasteiger partial charge on any atom is -0.382 e. The SMILES string of the molecule is CCOCCCCNC(=O)c1ccc(CN)cc1. The Kier molecular flexibility index (Phi) is 7.06. The topological polar surface area (TPSA) is 64.3 Å². The van der Waals surface area contributed by atoms with Gasteiger partial charge >= 0.3 is 0 Å². The zero-order valence-electron chi connectivity index (χ0n) is 10.9. The number of unbranched alkanes of at least 4 members (excludes halogenated alkanes) is 1. The molecule has 0 spiro atoms. The summed E-state index contributed by atoms with van der Waals surface area (Å²) < 4.78 is 5.23. The van der Waals surface area contributed by atoms with E-state index in [4.69, 9.17) is 10.5 Å². The molecule has 4 heteroatoms. The van der Waals surface area contributed by atoms with Gasteiger partial charge in [-0.3, -0.25) is 4.79 Å². The van der Waals surface area contributed by atoms with Crippen LogP contribution in [0.15, 0.2) is 24.3 Å². The summed E-state index contributed by atoms with van der Waals surface area (Å²) in [6.45, 7) is 4.67. The molecule has 1 aromatic rings. The number of ether oxygens (including phenoxy) is 1. The average Bonchev–Trinajstić information content (AvgIpc) is 2.42. The second kappa shape index (κ2) is 8.66. The highest BCUT2D eigenvalue weighted by Crippen LogP contribution is 2.03. The monoisotopic (exact) mass is 250 g/mol. The van der Waals surface area contributed by atoms with E-state index < -0.39 is 0 Å². The number of amides is 1. The summed E-state index contributed by atoms with van der Waals surface area (Å²) in [5, 5.41) is 2.89. The number of carbonyl (C=O) groups is 1. The summed E-state index contributed by atoms with van der Waals surface area (Å²) in [5.74, 6) is -0.0324. The molecule has 4 nitrogen and oxygen atoms in total. The molecule has 0 aliphatic carbocycles. The van der Waals surface area contributed by atoms with Crippen LogP contribution in [0, 0.1) is 0 Å². The third-order valence-electron chi connectivity index (χ3n) is 2.66. The Morgan fingerprint density at radius 3 is 2.61 bits per heavy atom. The van der Waals surface area contributed by atoms with Crippen molar-refractivity contribution in [1.82, 2.24) is 5.32 Å². The van der Waals surface area contributed by atoms with Crippen molar-refractivity contribution in [2.24, 2.45) is 5.73 Å². The maximum atomic E-state index is 11.8. The van der Waals surface area contributed by atoms with Gasteiger partial charge in [0.15, 0.2) is 0 Å². The first-order valence-electron chi connectivity index (χ1n) is 6.43. The molecule has 0 heterocycles. The molecule has 0 saturated carbocycles. The van der Waals surface area contributed by atoms with E-state index in [0.29, 0.717) is 18.7 Å². The van der Waals surface area contributed by atoms with E-state index in [9.17, 15) is 4.79 Å². The first kappa shape index (κ1) is 14.7.